The molecular formula is C14H17N3OS. The van der Waals surface area contributed by atoms with Gasteiger partial charge in [-0.3, -0.25) is 4.79 Å². The van der Waals surface area contributed by atoms with E-state index in [0.717, 1.165) is 17.1 Å². The van der Waals surface area contributed by atoms with E-state index in [0.29, 0.717) is 5.56 Å². The van der Waals surface area contributed by atoms with Crippen molar-refractivity contribution < 1.29 is 4.79 Å². The molecule has 4 nitrogen and oxygen atoms in total. The molecule has 1 amide bonds. The first kappa shape index (κ1) is 13.5. The van der Waals surface area contributed by atoms with Crippen molar-refractivity contribution in [3.63, 3.8) is 0 Å². The number of carbonyl (C=O) groups excluding carboxylic acids is 1. The molecule has 0 saturated carbocycles. The predicted molar refractivity (Wildman–Crippen MR) is 78.6 cm³/mol. The van der Waals surface area contributed by atoms with Crippen LogP contribution in [0.1, 0.15) is 34.8 Å². The van der Waals surface area contributed by atoms with Gasteiger partial charge in [0.2, 0.25) is 0 Å². The SMILES string of the molecule is CCC(NC(=O)c1ccc(NC)cc1)c1nccs1. The van der Waals surface area contributed by atoms with Gasteiger partial charge in [-0.05, 0) is 30.7 Å². The van der Waals surface area contributed by atoms with Crippen LogP contribution in [0, 0.1) is 0 Å². The number of thiazole rings is 1. The molecule has 1 unspecified atom stereocenters. The fourth-order valence-electron chi connectivity index (χ4n) is 1.77. The van der Waals surface area contributed by atoms with Crippen LogP contribution in [0.5, 0.6) is 0 Å². The number of rotatable bonds is 5. The van der Waals surface area contributed by atoms with Gasteiger partial charge in [0, 0.05) is 29.9 Å². The first-order valence-electron chi connectivity index (χ1n) is 6.22. The first-order chi connectivity index (χ1) is 9.24. The average Bonchev–Trinajstić information content (AvgIpc) is 2.98. The van der Waals surface area contributed by atoms with E-state index in [4.69, 9.17) is 0 Å². The van der Waals surface area contributed by atoms with Crippen molar-refractivity contribution in [3.8, 4) is 0 Å². The number of benzene rings is 1. The molecule has 1 atom stereocenters. The third-order valence-electron chi connectivity index (χ3n) is 2.90. The van der Waals surface area contributed by atoms with Crippen molar-refractivity contribution in [2.75, 3.05) is 12.4 Å². The molecule has 0 fully saturated rings. The molecule has 0 bridgehead atoms. The van der Waals surface area contributed by atoms with E-state index in [9.17, 15) is 4.79 Å². The number of hydrogen-bond acceptors (Lipinski definition) is 4. The van der Waals surface area contributed by atoms with Crippen LogP contribution in [-0.2, 0) is 0 Å². The van der Waals surface area contributed by atoms with Crippen molar-refractivity contribution >= 4 is 22.9 Å². The Labute approximate surface area is 116 Å². The van der Waals surface area contributed by atoms with Crippen molar-refractivity contribution in [2.45, 2.75) is 19.4 Å². The number of anilines is 1. The molecule has 0 aliphatic carbocycles. The number of carbonyl (C=O) groups is 1. The summed E-state index contributed by atoms with van der Waals surface area (Å²) in [5.74, 6) is -0.0651. The lowest BCUT2D eigenvalue weighted by Crippen LogP contribution is -2.28. The third kappa shape index (κ3) is 3.32. The molecule has 2 N–H and O–H groups in total. The van der Waals surface area contributed by atoms with Gasteiger partial charge in [0.05, 0.1) is 6.04 Å². The molecular weight excluding hydrogens is 258 g/mol. The molecule has 0 aliphatic heterocycles. The molecule has 0 saturated heterocycles. The molecule has 100 valence electrons. The smallest absolute Gasteiger partial charge is 0.251 e. The molecule has 0 aliphatic rings. The van der Waals surface area contributed by atoms with Gasteiger partial charge in [0.1, 0.15) is 5.01 Å². The summed E-state index contributed by atoms with van der Waals surface area (Å²) in [5, 5.41) is 8.91. The average molecular weight is 275 g/mol. The highest BCUT2D eigenvalue weighted by Gasteiger charge is 2.15. The van der Waals surface area contributed by atoms with E-state index < -0.39 is 0 Å². The summed E-state index contributed by atoms with van der Waals surface area (Å²) in [4.78, 5) is 16.4. The quantitative estimate of drug-likeness (QED) is 0.881. The second-order valence-corrected chi connectivity index (χ2v) is 5.06. The van der Waals surface area contributed by atoms with E-state index in [1.54, 1.807) is 17.5 Å². The summed E-state index contributed by atoms with van der Waals surface area (Å²) in [7, 11) is 1.85. The highest BCUT2D eigenvalue weighted by atomic mass is 32.1. The van der Waals surface area contributed by atoms with E-state index in [2.05, 4.69) is 15.6 Å². The van der Waals surface area contributed by atoms with Crippen LogP contribution in [0.2, 0.25) is 0 Å². The number of amides is 1. The maximum Gasteiger partial charge on any atom is 0.251 e. The molecule has 5 heteroatoms. The first-order valence-corrected chi connectivity index (χ1v) is 7.10. The second-order valence-electron chi connectivity index (χ2n) is 4.13. The highest BCUT2D eigenvalue weighted by molar-refractivity contribution is 7.09. The van der Waals surface area contributed by atoms with Gasteiger partial charge >= 0.3 is 0 Å². The van der Waals surface area contributed by atoms with Crippen LogP contribution >= 0.6 is 11.3 Å². The lowest BCUT2D eigenvalue weighted by Gasteiger charge is -2.14. The van der Waals surface area contributed by atoms with Gasteiger partial charge in [0.25, 0.3) is 5.91 Å². The summed E-state index contributed by atoms with van der Waals surface area (Å²) in [6, 6.07) is 7.39. The Morgan fingerprint density at radius 2 is 2.11 bits per heavy atom. The van der Waals surface area contributed by atoms with Crippen LogP contribution in [0.15, 0.2) is 35.8 Å². The summed E-state index contributed by atoms with van der Waals surface area (Å²) >= 11 is 1.56. The zero-order chi connectivity index (χ0) is 13.7. The maximum atomic E-state index is 12.2. The highest BCUT2D eigenvalue weighted by Crippen LogP contribution is 2.19. The maximum absolute atomic E-state index is 12.2. The van der Waals surface area contributed by atoms with E-state index >= 15 is 0 Å². The Kier molecular flexibility index (Phi) is 4.52. The van der Waals surface area contributed by atoms with Crippen LogP contribution in [-0.4, -0.2) is 17.9 Å². The number of aromatic nitrogens is 1. The Hall–Kier alpha value is -1.88. The molecule has 2 aromatic rings. The van der Waals surface area contributed by atoms with Gasteiger partial charge in [-0.2, -0.15) is 0 Å². The minimum Gasteiger partial charge on any atom is -0.388 e. The van der Waals surface area contributed by atoms with Crippen molar-refractivity contribution in [1.82, 2.24) is 10.3 Å². The lowest BCUT2D eigenvalue weighted by atomic mass is 10.1. The lowest BCUT2D eigenvalue weighted by molar-refractivity contribution is 0.0935. The standard InChI is InChI=1S/C14H17N3OS/c1-3-12(14-16-8-9-19-14)17-13(18)10-4-6-11(15-2)7-5-10/h4-9,12,15H,3H2,1-2H3,(H,17,18). The Balaban J connectivity index is 2.06. The molecule has 2 rings (SSSR count). The molecule has 19 heavy (non-hydrogen) atoms. The van der Waals surface area contributed by atoms with Crippen molar-refractivity contribution in [3.05, 3.63) is 46.4 Å². The van der Waals surface area contributed by atoms with Gasteiger partial charge in [-0.25, -0.2) is 4.98 Å². The summed E-state index contributed by atoms with van der Waals surface area (Å²) in [6.07, 6.45) is 2.59. The largest absolute Gasteiger partial charge is 0.388 e. The van der Waals surface area contributed by atoms with E-state index in [-0.39, 0.29) is 11.9 Å². The summed E-state index contributed by atoms with van der Waals surface area (Å²) in [6.45, 7) is 2.04. The van der Waals surface area contributed by atoms with Crippen LogP contribution in [0.4, 0.5) is 5.69 Å². The fraction of sp³-hybridized carbons (Fsp3) is 0.286. The van der Waals surface area contributed by atoms with Crippen LogP contribution in [0.25, 0.3) is 0 Å². The normalized spacial score (nSPS) is 11.9. The van der Waals surface area contributed by atoms with Gasteiger partial charge in [-0.15, -0.1) is 11.3 Å². The molecule has 1 aromatic carbocycles. The van der Waals surface area contributed by atoms with Crippen molar-refractivity contribution in [1.29, 1.82) is 0 Å². The Bertz CT molecular complexity index is 522. The van der Waals surface area contributed by atoms with Crippen LogP contribution < -0.4 is 10.6 Å². The summed E-state index contributed by atoms with van der Waals surface area (Å²) < 4.78 is 0. The van der Waals surface area contributed by atoms with E-state index in [1.165, 1.54) is 0 Å². The summed E-state index contributed by atoms with van der Waals surface area (Å²) in [5.41, 5.74) is 1.65. The zero-order valence-corrected chi connectivity index (χ0v) is 11.8. The predicted octanol–water partition coefficient (Wildman–Crippen LogP) is 3.07. The monoisotopic (exact) mass is 275 g/mol. The Morgan fingerprint density at radius 3 is 2.63 bits per heavy atom. The molecule has 0 spiro atoms. The minimum absolute atomic E-state index is 0.0172. The second kappa shape index (κ2) is 6.33. The fourth-order valence-corrected chi connectivity index (χ4v) is 2.55. The number of nitrogens with zero attached hydrogens (tertiary/aromatic N) is 1. The number of hydrogen-bond donors (Lipinski definition) is 2. The Morgan fingerprint density at radius 1 is 1.37 bits per heavy atom. The minimum atomic E-state index is -0.0651. The molecule has 0 radical (unpaired) electrons. The van der Waals surface area contributed by atoms with E-state index in [1.807, 2.05) is 43.6 Å². The molecule has 1 aromatic heterocycles. The van der Waals surface area contributed by atoms with Crippen LogP contribution in [0.3, 0.4) is 0 Å². The third-order valence-corrected chi connectivity index (χ3v) is 3.79. The molecule has 1 heterocycles. The van der Waals surface area contributed by atoms with Gasteiger partial charge < -0.3 is 10.6 Å². The van der Waals surface area contributed by atoms with Gasteiger partial charge in [0.15, 0.2) is 0 Å². The van der Waals surface area contributed by atoms with Crippen molar-refractivity contribution in [2.24, 2.45) is 0 Å². The zero-order valence-electron chi connectivity index (χ0n) is 11.0. The van der Waals surface area contributed by atoms with Gasteiger partial charge in [-0.1, -0.05) is 6.92 Å². The number of nitrogens with one attached hydrogen (secondary N) is 2. The topological polar surface area (TPSA) is 54.0 Å².